The number of piperazine rings is 2. The number of hydrogen-bond donors (Lipinski definition) is 3. The number of nitrogens with zero attached hydrogens (tertiary/aromatic N) is 7. The van der Waals surface area contributed by atoms with Crippen LogP contribution in [-0.4, -0.2) is 148 Å². The fourth-order valence-corrected chi connectivity index (χ4v) is 8.59. The van der Waals surface area contributed by atoms with Gasteiger partial charge in [0.2, 0.25) is 23.6 Å². The van der Waals surface area contributed by atoms with E-state index >= 15 is 4.39 Å². The van der Waals surface area contributed by atoms with E-state index in [1.165, 1.54) is 12.7 Å². The molecule has 384 valence electrons. The first-order chi connectivity index (χ1) is 35.3. The van der Waals surface area contributed by atoms with Gasteiger partial charge >= 0.3 is 0 Å². The van der Waals surface area contributed by atoms with Crippen LogP contribution in [0.5, 0.6) is 46.3 Å². The first-order valence-electron chi connectivity index (χ1n) is 23.7. The summed E-state index contributed by atoms with van der Waals surface area (Å²) in [7, 11) is 3.11. The Kier molecular flexibility index (Phi) is 17.0. The summed E-state index contributed by atoms with van der Waals surface area (Å²) in [5, 5.41) is 5.96. The molecule has 0 bridgehead atoms. The number of alkyl halides is 1. The standard InChI is InChI=1S/C26H28FN5O4.C20H17BrFN3O3.C6H12N2O/c1-16-12-18-20(30-16)4-5-22(25(18)27)36-26-19-13-23(34-3)24(14-21(19)28-15-29-26)35-11-10-31-6-8-32(9-7-31)17(2)33;1-11-7-12-14(25-11)3-4-16(19(12)22)28-20-13-8-17(26-2)18(27-6-5-21)9-15(13)23-10-24-20;1-6(9)8-4-2-7-3-5-8/h4-5,12-15,30H,6-11H2,1-3H3;3-4,7-10,25H,5-6H2,1-2H3;7H,2-5H2,1H3. The van der Waals surface area contributed by atoms with Gasteiger partial charge in [0, 0.05) is 123 Å². The van der Waals surface area contributed by atoms with Crippen LogP contribution in [0.1, 0.15) is 25.2 Å². The molecule has 10 rings (SSSR count). The van der Waals surface area contributed by atoms with E-state index in [4.69, 9.17) is 28.4 Å². The van der Waals surface area contributed by atoms with Crippen LogP contribution >= 0.6 is 15.9 Å². The minimum Gasteiger partial charge on any atom is -0.493 e. The average Bonchev–Trinajstić information content (AvgIpc) is 3.99. The first-order valence-corrected chi connectivity index (χ1v) is 24.8. The van der Waals surface area contributed by atoms with E-state index in [0.717, 1.165) is 70.3 Å². The van der Waals surface area contributed by atoms with Crippen molar-refractivity contribution in [3.63, 3.8) is 0 Å². The Morgan fingerprint density at radius 2 is 1.05 bits per heavy atom. The number of methoxy groups -OCH3 is 2. The fourth-order valence-electron chi connectivity index (χ4n) is 8.43. The topological polar surface area (TPSA) is 194 Å². The van der Waals surface area contributed by atoms with E-state index in [0.29, 0.717) is 85.2 Å². The maximum atomic E-state index is 15.1. The maximum absolute atomic E-state index is 15.1. The largest absolute Gasteiger partial charge is 0.493 e. The molecule has 2 aliphatic heterocycles. The van der Waals surface area contributed by atoms with Crippen LogP contribution in [-0.2, 0) is 9.59 Å². The summed E-state index contributed by atoms with van der Waals surface area (Å²) in [5.74, 6) is 2.15. The molecule has 6 heterocycles. The van der Waals surface area contributed by atoms with Crippen molar-refractivity contribution in [3.8, 4) is 46.3 Å². The third-order valence-electron chi connectivity index (χ3n) is 12.2. The van der Waals surface area contributed by atoms with Crippen molar-refractivity contribution < 1.29 is 46.8 Å². The van der Waals surface area contributed by atoms with Crippen LogP contribution in [0.3, 0.4) is 0 Å². The summed E-state index contributed by atoms with van der Waals surface area (Å²) in [6.45, 7) is 15.3. The van der Waals surface area contributed by atoms with Crippen molar-refractivity contribution in [2.45, 2.75) is 27.7 Å². The molecule has 18 nitrogen and oxygen atoms in total. The quantitative estimate of drug-likeness (QED) is 0.0931. The molecule has 21 heteroatoms. The highest BCUT2D eigenvalue weighted by atomic mass is 79.9. The molecule has 2 aliphatic rings. The van der Waals surface area contributed by atoms with E-state index < -0.39 is 11.6 Å². The number of aromatic nitrogens is 6. The predicted octanol–water partition coefficient (Wildman–Crippen LogP) is 8.47. The first kappa shape index (κ1) is 52.0. The number of nitrogens with one attached hydrogen (secondary N) is 3. The third-order valence-corrected chi connectivity index (χ3v) is 12.6. The van der Waals surface area contributed by atoms with E-state index in [1.807, 2.05) is 23.6 Å². The number of hydrogen-bond acceptors (Lipinski definition) is 14. The molecule has 8 aromatic rings. The predicted molar refractivity (Wildman–Crippen MR) is 277 cm³/mol. The van der Waals surface area contributed by atoms with Gasteiger partial charge in [0.25, 0.3) is 0 Å². The molecule has 0 saturated carbocycles. The number of ether oxygens (including phenoxy) is 6. The molecular formula is C52H57BrF2N10O8. The van der Waals surface area contributed by atoms with Crippen molar-refractivity contribution >= 4 is 71.4 Å². The molecule has 0 aliphatic carbocycles. The minimum atomic E-state index is -0.459. The fraction of sp³-hybridized carbons (Fsp3) is 0.346. The van der Waals surface area contributed by atoms with Crippen molar-refractivity contribution in [3.05, 3.63) is 96.3 Å². The Hall–Kier alpha value is -7.36. The normalized spacial score (nSPS) is 13.8. The zero-order valence-electron chi connectivity index (χ0n) is 41.4. The average molecular weight is 1070 g/mol. The molecule has 0 spiro atoms. The number of rotatable bonds is 13. The van der Waals surface area contributed by atoms with E-state index in [2.05, 4.69) is 56.1 Å². The van der Waals surface area contributed by atoms with Crippen LogP contribution in [0, 0.1) is 25.5 Å². The lowest BCUT2D eigenvalue weighted by Crippen LogP contribution is -2.48. The second-order valence-electron chi connectivity index (χ2n) is 17.2. The monoisotopic (exact) mass is 1070 g/mol. The van der Waals surface area contributed by atoms with Crippen molar-refractivity contribution in [1.29, 1.82) is 0 Å². The van der Waals surface area contributed by atoms with Gasteiger partial charge in [-0.05, 0) is 62.4 Å². The number of amides is 2. The molecule has 3 N–H and O–H groups in total. The van der Waals surface area contributed by atoms with Crippen LogP contribution in [0.2, 0.25) is 0 Å². The molecule has 73 heavy (non-hydrogen) atoms. The molecule has 2 amide bonds. The minimum absolute atomic E-state index is 0.0747. The van der Waals surface area contributed by atoms with Gasteiger partial charge in [-0.2, -0.15) is 0 Å². The number of fused-ring (bicyclic) bond motifs is 4. The van der Waals surface area contributed by atoms with Gasteiger partial charge in [-0.25, -0.2) is 28.7 Å². The smallest absolute Gasteiger partial charge is 0.230 e. The molecule has 2 saturated heterocycles. The van der Waals surface area contributed by atoms with Gasteiger partial charge in [0.1, 0.15) is 19.3 Å². The number of H-pyrrole nitrogens is 2. The summed E-state index contributed by atoms with van der Waals surface area (Å²) in [6.07, 6.45) is 2.74. The molecule has 0 radical (unpaired) electrons. The number of aromatic amines is 2. The Morgan fingerprint density at radius 1 is 0.589 bits per heavy atom. The molecule has 4 aromatic heterocycles. The SMILES string of the molecule is CC(=O)N1CCNCC1.COc1cc2c(Oc3ccc4[nH]c(C)cc4c3F)ncnc2cc1OCCBr.COc1cc2c(Oc3ccc4[nH]c(C)cc4c3F)ncnc2cc1OCCN1CCN(C(C)=O)CC1. The van der Waals surface area contributed by atoms with Gasteiger partial charge in [0.15, 0.2) is 46.1 Å². The third kappa shape index (κ3) is 12.5. The van der Waals surface area contributed by atoms with E-state index in [1.54, 1.807) is 88.7 Å². The van der Waals surface area contributed by atoms with Gasteiger partial charge in [-0.1, -0.05) is 15.9 Å². The van der Waals surface area contributed by atoms with Crippen molar-refractivity contribution in [2.75, 3.05) is 91.7 Å². The molecule has 0 unspecified atom stereocenters. The van der Waals surface area contributed by atoms with Crippen LogP contribution in [0.25, 0.3) is 43.6 Å². The van der Waals surface area contributed by atoms with Crippen molar-refractivity contribution in [2.24, 2.45) is 0 Å². The van der Waals surface area contributed by atoms with E-state index in [-0.39, 0.29) is 35.1 Å². The van der Waals surface area contributed by atoms with Crippen LogP contribution in [0.15, 0.2) is 73.3 Å². The van der Waals surface area contributed by atoms with Crippen LogP contribution in [0.4, 0.5) is 8.78 Å². The van der Waals surface area contributed by atoms with Crippen LogP contribution < -0.4 is 33.7 Å². The highest BCUT2D eigenvalue weighted by molar-refractivity contribution is 9.09. The zero-order chi connectivity index (χ0) is 51.6. The second kappa shape index (κ2) is 23.9. The summed E-state index contributed by atoms with van der Waals surface area (Å²) in [5.41, 5.74) is 4.35. The number of halogens is 3. The van der Waals surface area contributed by atoms with Gasteiger partial charge < -0.3 is 53.5 Å². The Bertz CT molecular complexity index is 3230. The Morgan fingerprint density at radius 3 is 1.49 bits per heavy atom. The summed E-state index contributed by atoms with van der Waals surface area (Å²) in [6, 6.07) is 17.2. The van der Waals surface area contributed by atoms with Gasteiger partial charge in [0.05, 0.1) is 42.6 Å². The zero-order valence-corrected chi connectivity index (χ0v) is 43.0. The maximum Gasteiger partial charge on any atom is 0.230 e. The lowest BCUT2D eigenvalue weighted by Gasteiger charge is -2.34. The molecular weight excluding hydrogens is 1010 g/mol. The second-order valence-corrected chi connectivity index (χ2v) is 18.0. The summed E-state index contributed by atoms with van der Waals surface area (Å²) < 4.78 is 64.3. The molecule has 4 aromatic carbocycles. The lowest BCUT2D eigenvalue weighted by atomic mass is 10.2. The van der Waals surface area contributed by atoms with Gasteiger partial charge in [-0.15, -0.1) is 0 Å². The lowest BCUT2D eigenvalue weighted by molar-refractivity contribution is -0.131. The molecule has 0 atom stereocenters. The Balaban J connectivity index is 0.000000170. The molecule has 2 fully saturated rings. The number of aryl methyl sites for hydroxylation is 2. The highest BCUT2D eigenvalue weighted by Gasteiger charge is 2.21. The summed E-state index contributed by atoms with van der Waals surface area (Å²) in [4.78, 5) is 51.4. The highest BCUT2D eigenvalue weighted by Crippen LogP contribution is 2.39. The van der Waals surface area contributed by atoms with Gasteiger partial charge in [-0.3, -0.25) is 14.5 Å². The number of carbonyl (C=O) groups excluding carboxylic acids is 2. The number of benzene rings is 4. The van der Waals surface area contributed by atoms with E-state index in [9.17, 15) is 14.0 Å². The van der Waals surface area contributed by atoms with Crippen molar-refractivity contribution in [1.82, 2.24) is 49.9 Å². The number of carbonyl (C=O) groups is 2. The Labute approximate surface area is 428 Å². The summed E-state index contributed by atoms with van der Waals surface area (Å²) >= 11 is 3.33.